The molecule has 4 heterocycles. The van der Waals surface area contributed by atoms with Gasteiger partial charge < -0.3 is 9.64 Å². The fourth-order valence-corrected chi connectivity index (χ4v) is 7.52. The van der Waals surface area contributed by atoms with Crippen LogP contribution in [0.1, 0.15) is 16.0 Å². The number of hydrogen-bond acceptors (Lipinski definition) is 7. The zero-order valence-electron chi connectivity index (χ0n) is 23.5. The van der Waals surface area contributed by atoms with E-state index in [2.05, 4.69) is 69.3 Å². The Kier molecular flexibility index (Phi) is 7.21. The second kappa shape index (κ2) is 11.3. The number of benzene rings is 3. The maximum absolute atomic E-state index is 13.6. The minimum absolute atomic E-state index is 0.116. The number of aromatic nitrogens is 2. The SMILES string of the molecule is COc1ccc(CN2CCc3c(sc4ncn(CCN5CCN(c6cccc7ccccc67)CC5)c(=O)c34)C2)cc1. The molecule has 0 N–H and O–H groups in total. The molecule has 1 saturated heterocycles. The van der Waals surface area contributed by atoms with E-state index in [-0.39, 0.29) is 5.56 Å². The Hall–Kier alpha value is -3.72. The summed E-state index contributed by atoms with van der Waals surface area (Å²) in [6.07, 6.45) is 2.65. The van der Waals surface area contributed by atoms with Gasteiger partial charge in [0.2, 0.25) is 0 Å². The van der Waals surface area contributed by atoms with Crippen LogP contribution in [0.4, 0.5) is 5.69 Å². The van der Waals surface area contributed by atoms with Gasteiger partial charge in [-0.1, -0.05) is 48.5 Å². The van der Waals surface area contributed by atoms with Gasteiger partial charge in [0.05, 0.1) is 18.8 Å². The number of ether oxygens (including phenoxy) is 1. The highest BCUT2D eigenvalue weighted by Crippen LogP contribution is 2.33. The molecular formula is C33H35N5O2S. The largest absolute Gasteiger partial charge is 0.497 e. The molecule has 0 spiro atoms. The van der Waals surface area contributed by atoms with E-state index in [0.29, 0.717) is 6.54 Å². The third-order valence-electron chi connectivity index (χ3n) is 8.61. The Morgan fingerprint density at radius 3 is 2.51 bits per heavy atom. The minimum atomic E-state index is 0.116. The van der Waals surface area contributed by atoms with Gasteiger partial charge in [0.1, 0.15) is 10.6 Å². The molecule has 210 valence electrons. The van der Waals surface area contributed by atoms with E-state index >= 15 is 0 Å². The highest BCUT2D eigenvalue weighted by Gasteiger charge is 2.24. The second-order valence-corrected chi connectivity index (χ2v) is 12.1. The highest BCUT2D eigenvalue weighted by molar-refractivity contribution is 7.18. The van der Waals surface area contributed by atoms with Crippen molar-refractivity contribution in [3.05, 3.63) is 99.4 Å². The van der Waals surface area contributed by atoms with Gasteiger partial charge in [-0.05, 0) is 41.1 Å². The fraction of sp³-hybridized carbons (Fsp3) is 0.333. The molecule has 0 unspecified atom stereocenters. The number of piperazine rings is 1. The van der Waals surface area contributed by atoms with Crippen molar-refractivity contribution < 1.29 is 4.74 Å². The van der Waals surface area contributed by atoms with E-state index < -0.39 is 0 Å². The normalized spacial score (nSPS) is 16.4. The van der Waals surface area contributed by atoms with Crippen LogP contribution in [0.3, 0.4) is 0 Å². The van der Waals surface area contributed by atoms with E-state index in [9.17, 15) is 4.79 Å². The molecule has 2 aromatic heterocycles. The predicted molar refractivity (Wildman–Crippen MR) is 167 cm³/mol. The number of rotatable bonds is 7. The lowest BCUT2D eigenvalue weighted by molar-refractivity contribution is 0.247. The summed E-state index contributed by atoms with van der Waals surface area (Å²) < 4.78 is 7.12. The standard InChI is InChI=1S/C33H35N5O2S/c1-40-26-11-9-24(10-12-26)21-36-14-13-28-30(22-36)41-32-31(28)33(39)38(23-34-32)20-17-35-15-18-37(19-16-35)29-8-4-6-25-5-2-3-7-27(25)29/h2-12,23H,13-22H2,1H3. The van der Waals surface area contributed by atoms with Crippen molar-refractivity contribution in [1.29, 1.82) is 0 Å². The van der Waals surface area contributed by atoms with Crippen molar-refractivity contribution in [2.45, 2.75) is 26.1 Å². The fourth-order valence-electron chi connectivity index (χ4n) is 6.30. The van der Waals surface area contributed by atoms with E-state index in [1.165, 1.54) is 32.5 Å². The number of methoxy groups -OCH3 is 1. The second-order valence-electron chi connectivity index (χ2n) is 11.1. The van der Waals surface area contributed by atoms with Crippen molar-refractivity contribution in [2.24, 2.45) is 0 Å². The first-order valence-corrected chi connectivity index (χ1v) is 15.3. The summed E-state index contributed by atoms with van der Waals surface area (Å²) in [5.41, 5.74) is 3.92. The molecule has 7 nitrogen and oxygen atoms in total. The maximum atomic E-state index is 13.6. The van der Waals surface area contributed by atoms with Crippen LogP contribution in [0.25, 0.3) is 21.0 Å². The molecule has 0 bridgehead atoms. The monoisotopic (exact) mass is 565 g/mol. The van der Waals surface area contributed by atoms with Crippen LogP contribution in [0.5, 0.6) is 5.75 Å². The molecule has 2 aliphatic heterocycles. The molecule has 0 saturated carbocycles. The Balaban J connectivity index is 0.996. The number of hydrogen-bond donors (Lipinski definition) is 0. The van der Waals surface area contributed by atoms with Crippen molar-refractivity contribution >= 4 is 38.0 Å². The van der Waals surface area contributed by atoms with Crippen LogP contribution in [-0.4, -0.2) is 65.7 Å². The zero-order valence-corrected chi connectivity index (χ0v) is 24.3. The van der Waals surface area contributed by atoms with Gasteiger partial charge in [-0.25, -0.2) is 4.98 Å². The molecule has 0 atom stereocenters. The Labute approximate surface area is 244 Å². The summed E-state index contributed by atoms with van der Waals surface area (Å²) in [5.74, 6) is 0.879. The van der Waals surface area contributed by atoms with Crippen LogP contribution >= 0.6 is 11.3 Å². The van der Waals surface area contributed by atoms with Crippen LogP contribution < -0.4 is 15.2 Å². The van der Waals surface area contributed by atoms with E-state index in [0.717, 1.165) is 74.7 Å². The lowest BCUT2D eigenvalue weighted by atomic mass is 10.0. The van der Waals surface area contributed by atoms with Crippen molar-refractivity contribution in [3.8, 4) is 5.75 Å². The van der Waals surface area contributed by atoms with Crippen molar-refractivity contribution in [1.82, 2.24) is 19.4 Å². The lowest BCUT2D eigenvalue weighted by Crippen LogP contribution is -2.47. The van der Waals surface area contributed by atoms with Gasteiger partial charge in [0, 0.05) is 74.9 Å². The average molecular weight is 566 g/mol. The first-order chi connectivity index (χ1) is 20.2. The van der Waals surface area contributed by atoms with Gasteiger partial charge in [-0.15, -0.1) is 11.3 Å². The van der Waals surface area contributed by atoms with E-state index in [4.69, 9.17) is 9.72 Å². The van der Waals surface area contributed by atoms with Crippen LogP contribution in [0, 0.1) is 0 Å². The summed E-state index contributed by atoms with van der Waals surface area (Å²) in [6, 6.07) is 23.5. The summed E-state index contributed by atoms with van der Waals surface area (Å²) in [6.45, 7) is 8.20. The number of thiophene rings is 1. The quantitative estimate of drug-likeness (QED) is 0.277. The number of anilines is 1. The van der Waals surface area contributed by atoms with Crippen molar-refractivity contribution in [2.75, 3.05) is 51.3 Å². The first-order valence-electron chi connectivity index (χ1n) is 14.5. The maximum Gasteiger partial charge on any atom is 0.262 e. The summed E-state index contributed by atoms with van der Waals surface area (Å²) in [7, 11) is 1.69. The van der Waals surface area contributed by atoms with Gasteiger partial charge in [-0.2, -0.15) is 0 Å². The van der Waals surface area contributed by atoms with E-state index in [1.54, 1.807) is 24.8 Å². The van der Waals surface area contributed by atoms with Gasteiger partial charge in [-0.3, -0.25) is 19.2 Å². The van der Waals surface area contributed by atoms with Gasteiger partial charge in [0.15, 0.2) is 0 Å². The third-order valence-corrected chi connectivity index (χ3v) is 9.73. The zero-order chi connectivity index (χ0) is 27.8. The lowest BCUT2D eigenvalue weighted by Gasteiger charge is -2.36. The Morgan fingerprint density at radius 1 is 0.878 bits per heavy atom. The molecule has 7 rings (SSSR count). The molecule has 1 fully saturated rings. The minimum Gasteiger partial charge on any atom is -0.497 e. The first kappa shape index (κ1) is 26.2. The van der Waals surface area contributed by atoms with E-state index in [1.807, 2.05) is 16.7 Å². The van der Waals surface area contributed by atoms with Crippen LogP contribution in [-0.2, 0) is 26.1 Å². The Bertz CT molecular complexity index is 1730. The summed E-state index contributed by atoms with van der Waals surface area (Å²) >= 11 is 1.69. The predicted octanol–water partition coefficient (Wildman–Crippen LogP) is 5.00. The topological polar surface area (TPSA) is 53.8 Å². The molecule has 2 aliphatic rings. The van der Waals surface area contributed by atoms with Gasteiger partial charge in [0.25, 0.3) is 5.56 Å². The number of nitrogens with zero attached hydrogens (tertiary/aromatic N) is 5. The average Bonchev–Trinajstić information content (AvgIpc) is 3.40. The molecule has 3 aromatic carbocycles. The summed E-state index contributed by atoms with van der Waals surface area (Å²) in [5, 5.41) is 3.45. The van der Waals surface area contributed by atoms with Crippen molar-refractivity contribution in [3.63, 3.8) is 0 Å². The molecular weight excluding hydrogens is 530 g/mol. The Morgan fingerprint density at radius 2 is 1.68 bits per heavy atom. The molecule has 0 aliphatic carbocycles. The molecule has 8 heteroatoms. The summed E-state index contributed by atoms with van der Waals surface area (Å²) in [4.78, 5) is 27.9. The molecule has 0 radical (unpaired) electrons. The molecule has 0 amide bonds. The number of fused-ring (bicyclic) bond motifs is 4. The molecule has 41 heavy (non-hydrogen) atoms. The third kappa shape index (κ3) is 5.23. The van der Waals surface area contributed by atoms with Crippen LogP contribution in [0.2, 0.25) is 0 Å². The smallest absolute Gasteiger partial charge is 0.262 e. The van der Waals surface area contributed by atoms with Crippen LogP contribution in [0.15, 0.2) is 77.9 Å². The van der Waals surface area contributed by atoms with Gasteiger partial charge >= 0.3 is 0 Å². The highest BCUT2D eigenvalue weighted by atomic mass is 32.1. The molecule has 5 aromatic rings.